The van der Waals surface area contributed by atoms with Crippen molar-refractivity contribution in [3.05, 3.63) is 29.5 Å². The van der Waals surface area contributed by atoms with Crippen molar-refractivity contribution in [2.24, 2.45) is 5.73 Å². The lowest BCUT2D eigenvalue weighted by Gasteiger charge is -2.05. The standard InChI is InChI=1S/C12H15N3O2/c1-7(13)6-10-11-8(12(16)17-2)4-3-5-9(11)14-15-10/h3-5,7H,6,13H2,1-2H3,(H,14,15). The molecule has 0 fully saturated rings. The van der Waals surface area contributed by atoms with Crippen LogP contribution in [0, 0.1) is 0 Å². The number of ether oxygens (including phenoxy) is 1. The molecule has 1 aromatic carbocycles. The van der Waals surface area contributed by atoms with Crippen LogP contribution in [0.25, 0.3) is 10.9 Å². The number of methoxy groups -OCH3 is 1. The normalized spacial score (nSPS) is 12.6. The van der Waals surface area contributed by atoms with Crippen molar-refractivity contribution in [3.8, 4) is 0 Å². The minimum Gasteiger partial charge on any atom is -0.465 e. The van der Waals surface area contributed by atoms with Gasteiger partial charge in [0, 0.05) is 23.5 Å². The number of nitrogens with two attached hydrogens (primary N) is 1. The van der Waals surface area contributed by atoms with Gasteiger partial charge < -0.3 is 10.5 Å². The zero-order chi connectivity index (χ0) is 12.4. The third kappa shape index (κ3) is 2.14. The third-order valence-electron chi connectivity index (χ3n) is 2.59. The molecule has 17 heavy (non-hydrogen) atoms. The molecule has 1 atom stereocenters. The van der Waals surface area contributed by atoms with Gasteiger partial charge in [-0.05, 0) is 19.1 Å². The van der Waals surface area contributed by atoms with Crippen molar-refractivity contribution in [2.75, 3.05) is 7.11 Å². The summed E-state index contributed by atoms with van der Waals surface area (Å²) in [5, 5.41) is 7.89. The Labute approximate surface area is 98.9 Å². The second-order valence-corrected chi connectivity index (χ2v) is 4.07. The van der Waals surface area contributed by atoms with E-state index < -0.39 is 0 Å². The number of aromatic amines is 1. The van der Waals surface area contributed by atoms with Gasteiger partial charge in [0.1, 0.15) is 0 Å². The van der Waals surface area contributed by atoms with Crippen molar-refractivity contribution in [3.63, 3.8) is 0 Å². The maximum Gasteiger partial charge on any atom is 0.338 e. The van der Waals surface area contributed by atoms with E-state index in [4.69, 9.17) is 10.5 Å². The van der Waals surface area contributed by atoms with E-state index in [1.165, 1.54) is 7.11 Å². The van der Waals surface area contributed by atoms with Crippen molar-refractivity contribution in [1.29, 1.82) is 0 Å². The number of esters is 1. The van der Waals surface area contributed by atoms with Crippen molar-refractivity contribution in [2.45, 2.75) is 19.4 Å². The van der Waals surface area contributed by atoms with Gasteiger partial charge in [-0.1, -0.05) is 6.07 Å². The lowest BCUT2D eigenvalue weighted by Crippen LogP contribution is -2.18. The van der Waals surface area contributed by atoms with Crippen LogP contribution in [0.4, 0.5) is 0 Å². The van der Waals surface area contributed by atoms with Crippen LogP contribution < -0.4 is 5.73 Å². The summed E-state index contributed by atoms with van der Waals surface area (Å²) >= 11 is 0. The molecule has 2 aromatic rings. The zero-order valence-corrected chi connectivity index (χ0v) is 9.86. The van der Waals surface area contributed by atoms with E-state index in [0.717, 1.165) is 16.6 Å². The van der Waals surface area contributed by atoms with E-state index in [-0.39, 0.29) is 12.0 Å². The highest BCUT2D eigenvalue weighted by Gasteiger charge is 2.16. The summed E-state index contributed by atoms with van der Waals surface area (Å²) in [6.07, 6.45) is 0.643. The van der Waals surface area contributed by atoms with Gasteiger partial charge in [0.15, 0.2) is 0 Å². The van der Waals surface area contributed by atoms with E-state index >= 15 is 0 Å². The number of hydrogen-bond acceptors (Lipinski definition) is 4. The Bertz CT molecular complexity index is 546. The Morgan fingerprint density at radius 3 is 3.00 bits per heavy atom. The van der Waals surface area contributed by atoms with E-state index in [1.54, 1.807) is 12.1 Å². The predicted octanol–water partition coefficient (Wildman–Crippen LogP) is 1.24. The van der Waals surface area contributed by atoms with Crippen LogP contribution in [-0.2, 0) is 11.2 Å². The van der Waals surface area contributed by atoms with Gasteiger partial charge >= 0.3 is 5.97 Å². The lowest BCUT2D eigenvalue weighted by atomic mass is 10.0. The summed E-state index contributed by atoms with van der Waals surface area (Å²) in [7, 11) is 1.37. The maximum atomic E-state index is 11.7. The summed E-state index contributed by atoms with van der Waals surface area (Å²) < 4.78 is 4.76. The highest BCUT2D eigenvalue weighted by atomic mass is 16.5. The number of carbonyl (C=O) groups is 1. The Morgan fingerprint density at radius 1 is 1.59 bits per heavy atom. The number of H-pyrrole nitrogens is 1. The average Bonchev–Trinajstić information content (AvgIpc) is 2.71. The van der Waals surface area contributed by atoms with Crippen molar-refractivity contribution >= 4 is 16.9 Å². The molecule has 5 heteroatoms. The number of carbonyl (C=O) groups excluding carboxylic acids is 1. The molecule has 1 unspecified atom stereocenters. The molecule has 0 bridgehead atoms. The molecule has 0 saturated heterocycles. The number of aromatic nitrogens is 2. The summed E-state index contributed by atoms with van der Waals surface area (Å²) in [5.41, 5.74) is 7.92. The molecule has 3 N–H and O–H groups in total. The molecule has 0 amide bonds. The average molecular weight is 233 g/mol. The van der Waals surface area contributed by atoms with Gasteiger partial charge in [-0.2, -0.15) is 5.10 Å². The molecule has 0 aliphatic heterocycles. The largest absolute Gasteiger partial charge is 0.465 e. The van der Waals surface area contributed by atoms with E-state index in [0.29, 0.717) is 12.0 Å². The fourth-order valence-corrected chi connectivity index (χ4v) is 1.88. The summed E-state index contributed by atoms with van der Waals surface area (Å²) in [6, 6.07) is 5.37. The molecular weight excluding hydrogens is 218 g/mol. The Morgan fingerprint density at radius 2 is 2.35 bits per heavy atom. The third-order valence-corrected chi connectivity index (χ3v) is 2.59. The molecule has 0 spiro atoms. The summed E-state index contributed by atoms with van der Waals surface area (Å²) in [5.74, 6) is -0.358. The number of fused-ring (bicyclic) bond motifs is 1. The van der Waals surface area contributed by atoms with E-state index in [9.17, 15) is 4.79 Å². The highest BCUT2D eigenvalue weighted by molar-refractivity contribution is 6.04. The van der Waals surface area contributed by atoms with Crippen LogP contribution >= 0.6 is 0 Å². The van der Waals surface area contributed by atoms with Crippen LogP contribution in [0.3, 0.4) is 0 Å². The van der Waals surface area contributed by atoms with E-state index in [2.05, 4.69) is 10.2 Å². The fraction of sp³-hybridized carbons (Fsp3) is 0.333. The van der Waals surface area contributed by atoms with Crippen LogP contribution in [0.15, 0.2) is 18.2 Å². The molecule has 0 aliphatic rings. The minimum absolute atomic E-state index is 0.00403. The Kier molecular flexibility index (Phi) is 3.10. The van der Waals surface area contributed by atoms with Gasteiger partial charge in [0.2, 0.25) is 0 Å². The quantitative estimate of drug-likeness (QED) is 0.781. The first-order chi connectivity index (χ1) is 8.13. The highest BCUT2D eigenvalue weighted by Crippen LogP contribution is 2.22. The van der Waals surface area contributed by atoms with Crippen LogP contribution in [0.5, 0.6) is 0 Å². The van der Waals surface area contributed by atoms with Gasteiger partial charge in [-0.25, -0.2) is 4.79 Å². The van der Waals surface area contributed by atoms with Crippen LogP contribution in [0.1, 0.15) is 23.0 Å². The molecule has 0 radical (unpaired) electrons. The van der Waals surface area contributed by atoms with Crippen molar-refractivity contribution < 1.29 is 9.53 Å². The fourth-order valence-electron chi connectivity index (χ4n) is 1.88. The molecule has 90 valence electrons. The predicted molar refractivity (Wildman–Crippen MR) is 64.8 cm³/mol. The van der Waals surface area contributed by atoms with Gasteiger partial charge in [-0.3, -0.25) is 5.10 Å². The lowest BCUT2D eigenvalue weighted by molar-refractivity contribution is 0.0603. The SMILES string of the molecule is COC(=O)c1cccc2n[nH]c(CC(C)N)c12. The molecule has 1 heterocycles. The second kappa shape index (κ2) is 4.55. The second-order valence-electron chi connectivity index (χ2n) is 4.07. The zero-order valence-electron chi connectivity index (χ0n) is 9.86. The van der Waals surface area contributed by atoms with E-state index in [1.807, 2.05) is 13.0 Å². The first-order valence-electron chi connectivity index (χ1n) is 5.43. The molecule has 0 aliphatic carbocycles. The van der Waals surface area contributed by atoms with Crippen LogP contribution in [0.2, 0.25) is 0 Å². The minimum atomic E-state index is -0.358. The molecule has 2 rings (SSSR count). The molecule has 0 saturated carbocycles. The van der Waals surface area contributed by atoms with Crippen molar-refractivity contribution in [1.82, 2.24) is 10.2 Å². The van der Waals surface area contributed by atoms with Crippen LogP contribution in [-0.4, -0.2) is 29.3 Å². The number of nitrogens with zero attached hydrogens (tertiary/aromatic N) is 1. The molecular formula is C12H15N3O2. The van der Waals surface area contributed by atoms with Gasteiger partial charge in [0.25, 0.3) is 0 Å². The topological polar surface area (TPSA) is 81.0 Å². The number of nitrogens with one attached hydrogen (secondary N) is 1. The Balaban J connectivity index is 2.59. The number of hydrogen-bond donors (Lipinski definition) is 2. The Hall–Kier alpha value is -1.88. The monoisotopic (exact) mass is 233 g/mol. The van der Waals surface area contributed by atoms with Gasteiger partial charge in [-0.15, -0.1) is 0 Å². The molecule has 5 nitrogen and oxygen atoms in total. The summed E-state index contributed by atoms with van der Waals surface area (Å²) in [6.45, 7) is 1.91. The smallest absolute Gasteiger partial charge is 0.338 e. The van der Waals surface area contributed by atoms with Gasteiger partial charge in [0.05, 0.1) is 18.2 Å². The maximum absolute atomic E-state index is 11.7. The molecule has 1 aromatic heterocycles. The summed E-state index contributed by atoms with van der Waals surface area (Å²) in [4.78, 5) is 11.7. The number of benzene rings is 1. The first-order valence-corrected chi connectivity index (χ1v) is 5.43. The number of rotatable bonds is 3. The first kappa shape index (κ1) is 11.6.